The minimum absolute atomic E-state index is 0.0847. The Balaban J connectivity index is 4.28. The molecule has 0 heterocycles. The Kier molecular flexibility index (Phi) is 8.02. The lowest BCUT2D eigenvalue weighted by atomic mass is 9.97. The lowest BCUT2D eigenvalue weighted by molar-refractivity contribution is 0.102. The van der Waals surface area contributed by atoms with Gasteiger partial charge >= 0.3 is 0 Å². The molecule has 0 saturated carbocycles. The van der Waals surface area contributed by atoms with Gasteiger partial charge in [-0.05, 0) is 31.8 Å². The number of likely N-dealkylation sites (N-methyl/N-ethyl adjacent to an activating group) is 1. The smallest absolute Gasteiger partial charge is 0.0601 e. The molecule has 92 valence electrons. The van der Waals surface area contributed by atoms with Gasteiger partial charge in [-0.15, -0.1) is 0 Å². The van der Waals surface area contributed by atoms with Crippen LogP contribution in [0.5, 0.6) is 0 Å². The summed E-state index contributed by atoms with van der Waals surface area (Å²) < 4.78 is 0. The third kappa shape index (κ3) is 5.50. The largest absolute Gasteiger partial charge is 0.395 e. The van der Waals surface area contributed by atoms with E-state index in [-0.39, 0.29) is 18.7 Å². The number of nitrogens with zero attached hydrogens (tertiary/aromatic N) is 1. The maximum absolute atomic E-state index is 9.42. The summed E-state index contributed by atoms with van der Waals surface area (Å²) in [6.45, 7) is 10.8. The fourth-order valence-corrected chi connectivity index (χ4v) is 2.07. The second-order valence-corrected chi connectivity index (χ2v) is 4.67. The molecule has 0 aromatic rings. The number of rotatable bonds is 8. The Hall–Kier alpha value is -0.120. The van der Waals surface area contributed by atoms with Crippen molar-refractivity contribution >= 4 is 0 Å². The summed E-state index contributed by atoms with van der Waals surface area (Å²) in [6.07, 6.45) is 2.09. The molecule has 0 fully saturated rings. The van der Waals surface area contributed by atoms with Crippen LogP contribution in [0.3, 0.4) is 0 Å². The Bertz CT molecular complexity index is 151. The second kappa shape index (κ2) is 8.08. The first-order chi connectivity index (χ1) is 7.06. The Morgan fingerprint density at radius 2 is 1.87 bits per heavy atom. The van der Waals surface area contributed by atoms with Crippen LogP contribution >= 0.6 is 0 Å². The summed E-state index contributed by atoms with van der Waals surface area (Å²) in [7, 11) is 0. The van der Waals surface area contributed by atoms with Crippen molar-refractivity contribution in [2.24, 2.45) is 11.7 Å². The lowest BCUT2D eigenvalue weighted by Crippen LogP contribution is -2.50. The number of hydrogen-bond acceptors (Lipinski definition) is 3. The van der Waals surface area contributed by atoms with E-state index in [9.17, 15) is 5.11 Å². The molecule has 0 aliphatic carbocycles. The summed E-state index contributed by atoms with van der Waals surface area (Å²) >= 11 is 0. The molecule has 15 heavy (non-hydrogen) atoms. The van der Waals surface area contributed by atoms with Crippen LogP contribution in [0.1, 0.15) is 40.5 Å². The maximum Gasteiger partial charge on any atom is 0.0601 e. The number of aliphatic hydroxyl groups excluding tert-OH is 1. The third-order valence-corrected chi connectivity index (χ3v) is 2.81. The van der Waals surface area contributed by atoms with E-state index < -0.39 is 0 Å². The van der Waals surface area contributed by atoms with E-state index in [2.05, 4.69) is 32.6 Å². The Morgan fingerprint density at radius 3 is 2.20 bits per heavy atom. The van der Waals surface area contributed by atoms with Crippen molar-refractivity contribution < 1.29 is 5.11 Å². The maximum atomic E-state index is 9.42. The molecule has 0 aliphatic heterocycles. The Labute approximate surface area is 94.6 Å². The fraction of sp³-hybridized carbons (Fsp3) is 1.00. The van der Waals surface area contributed by atoms with Gasteiger partial charge in [-0.2, -0.15) is 0 Å². The van der Waals surface area contributed by atoms with Crippen LogP contribution in [0.15, 0.2) is 0 Å². The van der Waals surface area contributed by atoms with E-state index >= 15 is 0 Å². The molecule has 0 aromatic heterocycles. The summed E-state index contributed by atoms with van der Waals surface area (Å²) in [5.74, 6) is 0.592. The van der Waals surface area contributed by atoms with Crippen molar-refractivity contribution in [1.29, 1.82) is 0 Å². The SMILES string of the molecule is CCCN(CC)C(CO)C(N)CC(C)C. The standard InChI is InChI=1S/C12H28N2O/c1-5-7-14(6-2)12(9-15)11(13)8-10(3)4/h10-12,15H,5-9,13H2,1-4H3. The van der Waals surface area contributed by atoms with Gasteiger partial charge in [-0.1, -0.05) is 27.7 Å². The number of hydrogen-bond donors (Lipinski definition) is 2. The van der Waals surface area contributed by atoms with Crippen molar-refractivity contribution in [2.75, 3.05) is 19.7 Å². The van der Waals surface area contributed by atoms with Crippen LogP contribution in [0.2, 0.25) is 0 Å². The normalized spacial score (nSPS) is 16.0. The highest BCUT2D eigenvalue weighted by molar-refractivity contribution is 4.81. The van der Waals surface area contributed by atoms with Crippen LogP contribution in [0.25, 0.3) is 0 Å². The Morgan fingerprint density at radius 1 is 1.27 bits per heavy atom. The molecule has 2 unspecified atom stereocenters. The highest BCUT2D eigenvalue weighted by atomic mass is 16.3. The van der Waals surface area contributed by atoms with Crippen LogP contribution in [-0.2, 0) is 0 Å². The predicted octanol–water partition coefficient (Wildman–Crippen LogP) is 1.45. The predicted molar refractivity (Wildman–Crippen MR) is 65.8 cm³/mol. The molecule has 3 heteroatoms. The lowest BCUT2D eigenvalue weighted by Gasteiger charge is -2.34. The van der Waals surface area contributed by atoms with Gasteiger partial charge < -0.3 is 10.8 Å². The van der Waals surface area contributed by atoms with Gasteiger partial charge in [0.15, 0.2) is 0 Å². The van der Waals surface area contributed by atoms with E-state index in [0.717, 1.165) is 25.9 Å². The fourth-order valence-electron chi connectivity index (χ4n) is 2.07. The van der Waals surface area contributed by atoms with Crippen molar-refractivity contribution in [3.63, 3.8) is 0 Å². The van der Waals surface area contributed by atoms with Gasteiger partial charge in [0.05, 0.1) is 6.61 Å². The van der Waals surface area contributed by atoms with Gasteiger partial charge in [0, 0.05) is 12.1 Å². The minimum atomic E-state index is 0.0847. The van der Waals surface area contributed by atoms with Crippen LogP contribution in [0, 0.1) is 5.92 Å². The summed E-state index contributed by atoms with van der Waals surface area (Å²) in [5.41, 5.74) is 6.13. The second-order valence-electron chi connectivity index (χ2n) is 4.67. The van der Waals surface area contributed by atoms with Gasteiger partial charge in [-0.25, -0.2) is 0 Å². The minimum Gasteiger partial charge on any atom is -0.395 e. The number of aliphatic hydroxyl groups is 1. The molecule has 0 aliphatic rings. The van der Waals surface area contributed by atoms with Gasteiger partial charge in [0.1, 0.15) is 0 Å². The molecule has 0 rings (SSSR count). The van der Waals surface area contributed by atoms with Crippen molar-refractivity contribution in [3.05, 3.63) is 0 Å². The topological polar surface area (TPSA) is 49.5 Å². The summed E-state index contributed by atoms with van der Waals surface area (Å²) in [4.78, 5) is 2.28. The number of nitrogens with two attached hydrogens (primary N) is 1. The van der Waals surface area contributed by atoms with Gasteiger partial charge in [-0.3, -0.25) is 4.90 Å². The van der Waals surface area contributed by atoms with E-state index in [0.29, 0.717) is 5.92 Å². The average molecular weight is 216 g/mol. The molecule has 3 N–H and O–H groups in total. The molecule has 0 amide bonds. The van der Waals surface area contributed by atoms with Crippen molar-refractivity contribution in [2.45, 2.75) is 52.6 Å². The molecular formula is C12H28N2O. The van der Waals surface area contributed by atoms with E-state index in [1.54, 1.807) is 0 Å². The first-order valence-corrected chi connectivity index (χ1v) is 6.17. The van der Waals surface area contributed by atoms with Crippen LogP contribution < -0.4 is 5.73 Å². The van der Waals surface area contributed by atoms with Crippen molar-refractivity contribution in [3.8, 4) is 0 Å². The highest BCUT2D eigenvalue weighted by Crippen LogP contribution is 2.11. The van der Waals surface area contributed by atoms with E-state index in [4.69, 9.17) is 5.73 Å². The monoisotopic (exact) mass is 216 g/mol. The van der Waals surface area contributed by atoms with Gasteiger partial charge in [0.2, 0.25) is 0 Å². The zero-order valence-electron chi connectivity index (χ0n) is 10.7. The zero-order valence-corrected chi connectivity index (χ0v) is 10.7. The van der Waals surface area contributed by atoms with E-state index in [1.165, 1.54) is 0 Å². The van der Waals surface area contributed by atoms with Gasteiger partial charge in [0.25, 0.3) is 0 Å². The van der Waals surface area contributed by atoms with Crippen molar-refractivity contribution in [1.82, 2.24) is 4.90 Å². The van der Waals surface area contributed by atoms with Crippen LogP contribution in [0.4, 0.5) is 0 Å². The van der Waals surface area contributed by atoms with Crippen LogP contribution in [-0.4, -0.2) is 41.8 Å². The first-order valence-electron chi connectivity index (χ1n) is 6.17. The third-order valence-electron chi connectivity index (χ3n) is 2.81. The first kappa shape index (κ1) is 14.9. The molecule has 0 radical (unpaired) electrons. The molecule has 0 spiro atoms. The molecular weight excluding hydrogens is 188 g/mol. The highest BCUT2D eigenvalue weighted by Gasteiger charge is 2.23. The van der Waals surface area contributed by atoms with E-state index in [1.807, 2.05) is 0 Å². The average Bonchev–Trinajstić information content (AvgIpc) is 2.16. The molecule has 0 saturated heterocycles. The molecule has 3 nitrogen and oxygen atoms in total. The molecule has 2 atom stereocenters. The quantitative estimate of drug-likeness (QED) is 0.646. The zero-order chi connectivity index (χ0) is 11.8. The summed E-state index contributed by atoms with van der Waals surface area (Å²) in [6, 6.07) is 0.207. The molecule has 0 bridgehead atoms. The summed E-state index contributed by atoms with van der Waals surface area (Å²) in [5, 5.41) is 9.42. The molecule has 0 aromatic carbocycles.